The van der Waals surface area contributed by atoms with Gasteiger partial charge in [-0.15, -0.1) is 0 Å². The minimum Gasteiger partial charge on any atom is -0.489 e. The number of ether oxygens (including phenoxy) is 1. The Kier molecular flexibility index (Phi) is 5.97. The monoisotopic (exact) mass is 310 g/mol. The van der Waals surface area contributed by atoms with Crippen LogP contribution in [0.3, 0.4) is 0 Å². The lowest BCUT2D eigenvalue weighted by atomic mass is 9.82. The molecule has 0 bridgehead atoms. The van der Waals surface area contributed by atoms with Crippen LogP contribution in [0.25, 0.3) is 0 Å². The van der Waals surface area contributed by atoms with Gasteiger partial charge in [0.05, 0.1) is 0 Å². The van der Waals surface area contributed by atoms with Crippen molar-refractivity contribution >= 4 is 6.29 Å². The average Bonchev–Trinajstić information content (AvgIpc) is 2.59. The molecule has 0 unspecified atom stereocenters. The number of aldehydes is 1. The molecular weight excluding hydrogens is 284 g/mol. The van der Waals surface area contributed by atoms with E-state index < -0.39 is 0 Å². The molecule has 23 heavy (non-hydrogen) atoms. The van der Waals surface area contributed by atoms with E-state index in [4.69, 9.17) is 4.74 Å². The summed E-state index contributed by atoms with van der Waals surface area (Å²) in [7, 11) is 0. The molecule has 0 aliphatic heterocycles. The molecule has 2 nitrogen and oxygen atoms in total. The number of hydrogen-bond acceptors (Lipinski definition) is 2. The zero-order valence-electron chi connectivity index (χ0n) is 14.3. The molecule has 0 radical (unpaired) electrons. The predicted molar refractivity (Wildman–Crippen MR) is 94.9 cm³/mol. The lowest BCUT2D eigenvalue weighted by Crippen LogP contribution is -2.15. The third kappa shape index (κ3) is 4.95. The fraction of sp³-hybridized carbons (Fsp3) is 0.381. The van der Waals surface area contributed by atoms with E-state index in [0.29, 0.717) is 13.0 Å². The summed E-state index contributed by atoms with van der Waals surface area (Å²) in [6.07, 6.45) is 3.44. The van der Waals surface area contributed by atoms with Crippen molar-refractivity contribution in [2.75, 3.05) is 0 Å². The maximum absolute atomic E-state index is 10.4. The molecule has 0 aliphatic rings. The van der Waals surface area contributed by atoms with E-state index in [1.807, 2.05) is 24.3 Å². The summed E-state index contributed by atoms with van der Waals surface area (Å²) in [4.78, 5) is 10.4. The molecule has 0 N–H and O–H groups in total. The molecule has 2 heteroatoms. The van der Waals surface area contributed by atoms with Crippen molar-refractivity contribution < 1.29 is 9.53 Å². The van der Waals surface area contributed by atoms with Gasteiger partial charge < -0.3 is 9.53 Å². The van der Waals surface area contributed by atoms with Crippen molar-refractivity contribution in [3.8, 4) is 5.75 Å². The zero-order chi connectivity index (χ0) is 16.7. The Balaban J connectivity index is 1.92. The van der Waals surface area contributed by atoms with Gasteiger partial charge in [0.15, 0.2) is 0 Å². The number of rotatable bonds is 8. The summed E-state index contributed by atoms with van der Waals surface area (Å²) in [5.74, 6) is 0.859. The van der Waals surface area contributed by atoms with E-state index in [2.05, 4.69) is 45.0 Å². The highest BCUT2D eigenvalue weighted by Crippen LogP contribution is 2.26. The first-order chi connectivity index (χ1) is 11.0. The molecule has 2 rings (SSSR count). The summed E-state index contributed by atoms with van der Waals surface area (Å²) in [6, 6.07) is 16.7. The van der Waals surface area contributed by atoms with Crippen LogP contribution in [0.5, 0.6) is 5.75 Å². The molecule has 0 aliphatic carbocycles. The maximum Gasteiger partial charge on any atom is 0.120 e. The first-order valence-electron chi connectivity index (χ1n) is 8.30. The van der Waals surface area contributed by atoms with Gasteiger partial charge in [0.1, 0.15) is 18.6 Å². The van der Waals surface area contributed by atoms with Crippen LogP contribution in [0.4, 0.5) is 0 Å². The summed E-state index contributed by atoms with van der Waals surface area (Å²) < 4.78 is 5.83. The second-order valence-electron chi connectivity index (χ2n) is 6.57. The molecule has 122 valence electrons. The fourth-order valence-corrected chi connectivity index (χ4v) is 2.40. The van der Waals surface area contributed by atoms with Crippen molar-refractivity contribution in [3.05, 3.63) is 65.2 Å². The Labute approximate surface area is 139 Å². The van der Waals surface area contributed by atoms with E-state index in [9.17, 15) is 4.79 Å². The Hall–Kier alpha value is -2.09. The number of benzene rings is 2. The summed E-state index contributed by atoms with van der Waals surface area (Å²) in [5.41, 5.74) is 3.92. The first kappa shape index (κ1) is 17.3. The van der Waals surface area contributed by atoms with Gasteiger partial charge in [-0.1, -0.05) is 57.2 Å². The predicted octanol–water partition coefficient (Wildman–Crippen LogP) is 5.08. The topological polar surface area (TPSA) is 26.3 Å². The van der Waals surface area contributed by atoms with Gasteiger partial charge in [0.25, 0.3) is 0 Å². The number of aryl methyl sites for hydroxylation is 1. The Morgan fingerprint density at radius 1 is 0.957 bits per heavy atom. The number of carbonyl (C=O) groups excluding carboxylic acids is 1. The van der Waals surface area contributed by atoms with Gasteiger partial charge in [-0.05, 0) is 47.1 Å². The lowest BCUT2D eigenvalue weighted by Gasteiger charge is -2.23. The van der Waals surface area contributed by atoms with Crippen molar-refractivity contribution in [1.29, 1.82) is 0 Å². The van der Waals surface area contributed by atoms with Gasteiger partial charge in [-0.3, -0.25) is 0 Å². The van der Waals surface area contributed by atoms with E-state index >= 15 is 0 Å². The average molecular weight is 310 g/mol. The summed E-state index contributed by atoms with van der Waals surface area (Å²) in [6.45, 7) is 7.33. The second kappa shape index (κ2) is 7.96. The molecule has 0 aromatic heterocycles. The molecular formula is C21H26O2. The standard InChI is InChI=1S/C21H26O2/c1-4-21(2,3)19-11-7-18(8-12-19)16-23-20-13-9-17(10-14-20)6-5-15-22/h7-15H,4-6,16H2,1-3H3. The molecule has 0 spiro atoms. The lowest BCUT2D eigenvalue weighted by molar-refractivity contribution is -0.107. The Morgan fingerprint density at radius 2 is 1.57 bits per heavy atom. The van der Waals surface area contributed by atoms with Gasteiger partial charge >= 0.3 is 0 Å². The summed E-state index contributed by atoms with van der Waals surface area (Å²) >= 11 is 0. The molecule has 0 saturated carbocycles. The third-order valence-corrected chi connectivity index (χ3v) is 4.50. The van der Waals surface area contributed by atoms with Crippen molar-refractivity contribution in [2.45, 2.75) is 52.1 Å². The zero-order valence-corrected chi connectivity index (χ0v) is 14.3. The van der Waals surface area contributed by atoms with Crippen molar-refractivity contribution in [1.82, 2.24) is 0 Å². The van der Waals surface area contributed by atoms with Crippen LogP contribution in [0.1, 0.15) is 50.3 Å². The third-order valence-electron chi connectivity index (χ3n) is 4.50. The highest BCUT2D eigenvalue weighted by molar-refractivity contribution is 5.50. The van der Waals surface area contributed by atoms with Gasteiger partial charge in [0, 0.05) is 6.42 Å². The van der Waals surface area contributed by atoms with Gasteiger partial charge in [0.2, 0.25) is 0 Å². The second-order valence-corrected chi connectivity index (χ2v) is 6.57. The highest BCUT2D eigenvalue weighted by atomic mass is 16.5. The van der Waals surface area contributed by atoms with Crippen LogP contribution in [-0.4, -0.2) is 6.29 Å². The molecule has 0 fully saturated rings. The maximum atomic E-state index is 10.4. The van der Waals surface area contributed by atoms with Crippen LogP contribution in [-0.2, 0) is 23.2 Å². The molecule has 0 saturated heterocycles. The van der Waals surface area contributed by atoms with E-state index in [-0.39, 0.29) is 5.41 Å². The first-order valence-corrected chi connectivity index (χ1v) is 8.30. The summed E-state index contributed by atoms with van der Waals surface area (Å²) in [5, 5.41) is 0. The molecule has 0 amide bonds. The number of carbonyl (C=O) groups is 1. The minimum absolute atomic E-state index is 0.219. The number of hydrogen-bond donors (Lipinski definition) is 0. The molecule has 0 atom stereocenters. The van der Waals surface area contributed by atoms with Crippen molar-refractivity contribution in [2.24, 2.45) is 0 Å². The van der Waals surface area contributed by atoms with Crippen LogP contribution < -0.4 is 4.74 Å². The van der Waals surface area contributed by atoms with Crippen molar-refractivity contribution in [3.63, 3.8) is 0 Å². The van der Waals surface area contributed by atoms with E-state index in [1.54, 1.807) is 0 Å². The van der Waals surface area contributed by atoms with E-state index in [1.165, 1.54) is 11.1 Å². The van der Waals surface area contributed by atoms with Crippen LogP contribution in [0.15, 0.2) is 48.5 Å². The fourth-order valence-electron chi connectivity index (χ4n) is 2.40. The highest BCUT2D eigenvalue weighted by Gasteiger charge is 2.17. The van der Waals surface area contributed by atoms with Crippen LogP contribution in [0, 0.1) is 0 Å². The van der Waals surface area contributed by atoms with E-state index in [0.717, 1.165) is 30.4 Å². The Morgan fingerprint density at radius 3 is 2.13 bits per heavy atom. The van der Waals surface area contributed by atoms with Gasteiger partial charge in [-0.25, -0.2) is 0 Å². The SMILES string of the molecule is CCC(C)(C)c1ccc(COc2ccc(CCC=O)cc2)cc1. The smallest absolute Gasteiger partial charge is 0.120 e. The molecule has 2 aromatic carbocycles. The molecule has 2 aromatic rings. The van der Waals surface area contributed by atoms with Crippen LogP contribution in [0.2, 0.25) is 0 Å². The van der Waals surface area contributed by atoms with Crippen LogP contribution >= 0.6 is 0 Å². The Bertz CT molecular complexity index is 609. The van der Waals surface area contributed by atoms with Gasteiger partial charge in [-0.2, -0.15) is 0 Å². The minimum atomic E-state index is 0.219. The quantitative estimate of drug-likeness (QED) is 0.635. The largest absolute Gasteiger partial charge is 0.489 e. The molecule has 0 heterocycles. The normalized spacial score (nSPS) is 11.3.